The smallest absolute Gasteiger partial charge is 0.297 e. The van der Waals surface area contributed by atoms with Gasteiger partial charge < -0.3 is 9.80 Å². The third-order valence-corrected chi connectivity index (χ3v) is 6.76. The van der Waals surface area contributed by atoms with Crippen LogP contribution in [0.5, 0.6) is 0 Å². The highest BCUT2D eigenvalue weighted by Gasteiger charge is 2.60. The highest BCUT2D eigenvalue weighted by molar-refractivity contribution is 6.43. The second-order valence-corrected chi connectivity index (χ2v) is 9.69. The van der Waals surface area contributed by atoms with Crippen LogP contribution in [0.4, 0.5) is 4.39 Å². The molecule has 180 valence electrons. The average Bonchev–Trinajstić information content (AvgIpc) is 2.96. The number of piperidine rings is 1. The van der Waals surface area contributed by atoms with Crippen LogP contribution < -0.4 is 0 Å². The number of ketones is 1. The van der Waals surface area contributed by atoms with Crippen LogP contribution >= 0.6 is 11.6 Å². The Balaban J connectivity index is 1.73. The maximum atomic E-state index is 13.5. The molecule has 0 aliphatic carbocycles. The lowest BCUT2D eigenvalue weighted by Gasteiger charge is -2.41. The van der Waals surface area contributed by atoms with Gasteiger partial charge in [0.2, 0.25) is 17.6 Å². The number of likely N-dealkylation sites (N-methyl/N-ethyl adjacent to an activating group) is 1. The molecule has 2 fully saturated rings. The van der Waals surface area contributed by atoms with Crippen molar-refractivity contribution in [2.24, 2.45) is 5.92 Å². The molecule has 1 aromatic carbocycles. The van der Waals surface area contributed by atoms with E-state index in [1.807, 2.05) is 0 Å². The third kappa shape index (κ3) is 3.56. The van der Waals surface area contributed by atoms with Crippen molar-refractivity contribution >= 4 is 41.0 Å². The largest absolute Gasteiger partial charge is 0.347 e. The Morgan fingerprint density at radius 3 is 2.50 bits per heavy atom. The molecule has 1 unspecified atom stereocenters. The van der Waals surface area contributed by atoms with Gasteiger partial charge in [-0.05, 0) is 43.5 Å². The number of hydrogen-bond acceptors (Lipinski definition) is 5. The van der Waals surface area contributed by atoms with Crippen LogP contribution in [0, 0.1) is 11.7 Å². The standard InChI is InChI=1S/C23H24ClFN4O5/c1-23(2)22(34)28(11-16(30)26(3)4)19-13-7-8-27(10-12-5-6-15(25)14(24)9-12)20(32)17(13)18(31)21(33)29(19)23/h5-6,9,17H,7-8,10-11H2,1-4H3. The van der Waals surface area contributed by atoms with Crippen molar-refractivity contribution < 1.29 is 28.4 Å². The maximum Gasteiger partial charge on any atom is 0.297 e. The Morgan fingerprint density at radius 2 is 1.88 bits per heavy atom. The fourth-order valence-electron chi connectivity index (χ4n) is 4.60. The molecule has 0 saturated carbocycles. The van der Waals surface area contributed by atoms with Crippen LogP contribution in [0.15, 0.2) is 29.6 Å². The number of nitrogens with zero attached hydrogens (tertiary/aromatic N) is 4. The summed E-state index contributed by atoms with van der Waals surface area (Å²) >= 11 is 5.84. The number of amides is 4. The first-order valence-electron chi connectivity index (χ1n) is 10.7. The van der Waals surface area contributed by atoms with E-state index in [2.05, 4.69) is 0 Å². The van der Waals surface area contributed by atoms with E-state index >= 15 is 0 Å². The van der Waals surface area contributed by atoms with E-state index in [1.165, 1.54) is 46.7 Å². The first kappa shape index (κ1) is 23.9. The molecule has 0 spiro atoms. The molecule has 0 N–H and O–H groups in total. The molecule has 1 aromatic rings. The number of halogens is 2. The van der Waals surface area contributed by atoms with Crippen LogP contribution in [-0.2, 0) is 30.5 Å². The Bertz CT molecular complexity index is 1180. The summed E-state index contributed by atoms with van der Waals surface area (Å²) in [7, 11) is 3.09. The number of carbonyl (C=O) groups is 5. The van der Waals surface area contributed by atoms with E-state index in [1.54, 1.807) is 14.1 Å². The van der Waals surface area contributed by atoms with Gasteiger partial charge in [0.1, 0.15) is 29.6 Å². The van der Waals surface area contributed by atoms with Gasteiger partial charge in [-0.1, -0.05) is 17.7 Å². The molecular formula is C23H24ClFN4O5. The molecule has 3 aliphatic rings. The second kappa shape index (κ2) is 8.19. The third-order valence-electron chi connectivity index (χ3n) is 6.47. The number of carbonyl (C=O) groups excluding carboxylic acids is 5. The molecular weight excluding hydrogens is 467 g/mol. The van der Waals surface area contributed by atoms with Gasteiger partial charge in [-0.2, -0.15) is 0 Å². The van der Waals surface area contributed by atoms with Crippen molar-refractivity contribution in [3.8, 4) is 0 Å². The number of rotatable bonds is 4. The van der Waals surface area contributed by atoms with Crippen LogP contribution in [-0.4, -0.2) is 81.7 Å². The number of hydrogen-bond donors (Lipinski definition) is 0. The summed E-state index contributed by atoms with van der Waals surface area (Å²) in [5.74, 6) is -5.12. The predicted octanol–water partition coefficient (Wildman–Crippen LogP) is 1.16. The lowest BCUT2D eigenvalue weighted by Crippen LogP contribution is -2.57. The average molecular weight is 491 g/mol. The van der Waals surface area contributed by atoms with Crippen LogP contribution in [0.25, 0.3) is 0 Å². The van der Waals surface area contributed by atoms with Crippen molar-refractivity contribution in [1.29, 1.82) is 0 Å². The SMILES string of the molecule is CN(C)C(=O)CN1C(=O)C(C)(C)N2C(=O)C(=O)C3C(=O)N(Cc4ccc(F)c(Cl)c4)CCC3=C12. The summed E-state index contributed by atoms with van der Waals surface area (Å²) in [6, 6.07) is 4.09. The zero-order valence-corrected chi connectivity index (χ0v) is 20.0. The molecule has 4 rings (SSSR count). The molecule has 0 radical (unpaired) electrons. The molecule has 2 saturated heterocycles. The van der Waals surface area contributed by atoms with E-state index in [0.29, 0.717) is 11.1 Å². The Kier molecular flexibility index (Phi) is 5.75. The number of benzene rings is 1. The normalized spacial score (nSPS) is 21.8. The fourth-order valence-corrected chi connectivity index (χ4v) is 4.80. The first-order valence-corrected chi connectivity index (χ1v) is 11.1. The summed E-state index contributed by atoms with van der Waals surface area (Å²) < 4.78 is 13.5. The minimum Gasteiger partial charge on any atom is -0.347 e. The van der Waals surface area contributed by atoms with Crippen LogP contribution in [0.2, 0.25) is 5.02 Å². The number of fused-ring (bicyclic) bond motifs is 2. The van der Waals surface area contributed by atoms with Gasteiger partial charge in [0.05, 0.1) is 5.02 Å². The minimum atomic E-state index is -1.38. The zero-order valence-electron chi connectivity index (χ0n) is 19.2. The summed E-state index contributed by atoms with van der Waals surface area (Å²) in [5.41, 5.74) is -0.451. The molecule has 4 amide bonds. The van der Waals surface area contributed by atoms with Crippen molar-refractivity contribution in [2.75, 3.05) is 27.2 Å². The van der Waals surface area contributed by atoms with Gasteiger partial charge in [-0.25, -0.2) is 4.39 Å². The highest BCUT2D eigenvalue weighted by atomic mass is 35.5. The van der Waals surface area contributed by atoms with E-state index < -0.39 is 40.8 Å². The van der Waals surface area contributed by atoms with Gasteiger partial charge in [0, 0.05) is 27.2 Å². The second-order valence-electron chi connectivity index (χ2n) is 9.28. The number of Topliss-reactive ketones (excluding diaryl/α,β-unsaturated/α-hetero) is 1. The molecule has 3 aliphatic heterocycles. The van der Waals surface area contributed by atoms with Gasteiger partial charge in [0.15, 0.2) is 0 Å². The molecule has 0 aromatic heterocycles. The lowest BCUT2D eigenvalue weighted by molar-refractivity contribution is -0.154. The Hall–Kier alpha value is -3.27. The summed E-state index contributed by atoms with van der Waals surface area (Å²) in [4.78, 5) is 70.3. The van der Waals surface area contributed by atoms with Gasteiger partial charge in [-0.3, -0.25) is 33.8 Å². The summed E-state index contributed by atoms with van der Waals surface area (Å²) in [5, 5.41) is -0.0859. The zero-order chi connectivity index (χ0) is 25.1. The Labute approximate surface area is 200 Å². The van der Waals surface area contributed by atoms with E-state index in [-0.39, 0.29) is 42.8 Å². The van der Waals surface area contributed by atoms with E-state index in [0.717, 1.165) is 4.90 Å². The van der Waals surface area contributed by atoms with Crippen molar-refractivity contribution in [3.63, 3.8) is 0 Å². The number of likely N-dealkylation sites (tertiary alicyclic amines) is 1. The molecule has 34 heavy (non-hydrogen) atoms. The van der Waals surface area contributed by atoms with Gasteiger partial charge >= 0.3 is 0 Å². The van der Waals surface area contributed by atoms with Crippen molar-refractivity contribution in [3.05, 3.63) is 46.0 Å². The lowest BCUT2D eigenvalue weighted by atomic mass is 9.83. The highest BCUT2D eigenvalue weighted by Crippen LogP contribution is 2.44. The monoisotopic (exact) mass is 490 g/mol. The maximum absolute atomic E-state index is 13.5. The topological polar surface area (TPSA) is 98.3 Å². The van der Waals surface area contributed by atoms with Crippen LogP contribution in [0.1, 0.15) is 25.8 Å². The summed E-state index contributed by atoms with van der Waals surface area (Å²) in [6.07, 6.45) is 0.228. The quantitative estimate of drug-likeness (QED) is 0.466. The van der Waals surface area contributed by atoms with Gasteiger partial charge in [0.25, 0.3) is 11.8 Å². The van der Waals surface area contributed by atoms with E-state index in [4.69, 9.17) is 11.6 Å². The van der Waals surface area contributed by atoms with Crippen molar-refractivity contribution in [1.82, 2.24) is 19.6 Å². The first-order chi connectivity index (χ1) is 15.9. The van der Waals surface area contributed by atoms with Crippen LogP contribution in [0.3, 0.4) is 0 Å². The molecule has 11 heteroatoms. The molecule has 9 nitrogen and oxygen atoms in total. The minimum absolute atomic E-state index is 0.0797. The summed E-state index contributed by atoms with van der Waals surface area (Å²) in [6.45, 7) is 3.00. The molecule has 3 heterocycles. The molecule has 1 atom stereocenters. The Morgan fingerprint density at radius 1 is 1.21 bits per heavy atom. The van der Waals surface area contributed by atoms with Gasteiger partial charge in [-0.15, -0.1) is 0 Å². The predicted molar refractivity (Wildman–Crippen MR) is 118 cm³/mol. The van der Waals surface area contributed by atoms with E-state index in [9.17, 15) is 28.4 Å². The molecule has 0 bridgehead atoms. The van der Waals surface area contributed by atoms with Crippen molar-refractivity contribution in [2.45, 2.75) is 32.4 Å². The fraction of sp³-hybridized carbons (Fsp3) is 0.435.